The van der Waals surface area contributed by atoms with E-state index in [-0.39, 0.29) is 6.04 Å². The van der Waals surface area contributed by atoms with Gasteiger partial charge in [0, 0.05) is 31.2 Å². The van der Waals surface area contributed by atoms with Gasteiger partial charge in [-0.2, -0.15) is 13.2 Å². The van der Waals surface area contributed by atoms with Gasteiger partial charge in [0.1, 0.15) is 0 Å². The zero-order valence-electron chi connectivity index (χ0n) is 12.8. The van der Waals surface area contributed by atoms with Crippen molar-refractivity contribution in [1.29, 1.82) is 0 Å². The summed E-state index contributed by atoms with van der Waals surface area (Å²) in [5, 5.41) is 0. The minimum absolute atomic E-state index is 0.252. The van der Waals surface area contributed by atoms with E-state index in [2.05, 4.69) is 23.6 Å². The SMILES string of the molecule is CC(C)C1CN2CCCCC2CN1C(C)CC(F)(F)F. The van der Waals surface area contributed by atoms with Gasteiger partial charge in [0.05, 0.1) is 6.42 Å². The van der Waals surface area contributed by atoms with E-state index in [1.165, 1.54) is 12.8 Å². The van der Waals surface area contributed by atoms with Crippen molar-refractivity contribution in [2.24, 2.45) is 5.92 Å². The Morgan fingerprint density at radius 1 is 1.10 bits per heavy atom. The van der Waals surface area contributed by atoms with Crippen molar-refractivity contribution in [2.45, 2.75) is 70.8 Å². The van der Waals surface area contributed by atoms with E-state index in [4.69, 9.17) is 0 Å². The van der Waals surface area contributed by atoms with E-state index < -0.39 is 18.6 Å². The average Bonchev–Trinajstić information content (AvgIpc) is 2.35. The van der Waals surface area contributed by atoms with Crippen LogP contribution in [0.4, 0.5) is 13.2 Å². The van der Waals surface area contributed by atoms with E-state index in [0.29, 0.717) is 12.0 Å². The van der Waals surface area contributed by atoms with Gasteiger partial charge >= 0.3 is 6.18 Å². The predicted octanol–water partition coefficient (Wildman–Crippen LogP) is 3.52. The molecule has 2 aliphatic heterocycles. The Bertz CT molecular complexity index is 317. The first kappa shape index (κ1) is 16.1. The van der Waals surface area contributed by atoms with Crippen LogP contribution in [0.2, 0.25) is 0 Å². The van der Waals surface area contributed by atoms with Gasteiger partial charge in [0.15, 0.2) is 0 Å². The number of alkyl halides is 3. The first-order valence-corrected chi connectivity index (χ1v) is 7.84. The largest absolute Gasteiger partial charge is 0.390 e. The van der Waals surface area contributed by atoms with Crippen LogP contribution >= 0.6 is 0 Å². The van der Waals surface area contributed by atoms with Crippen molar-refractivity contribution >= 4 is 0 Å². The molecule has 3 atom stereocenters. The van der Waals surface area contributed by atoms with Gasteiger partial charge in [-0.25, -0.2) is 0 Å². The molecule has 0 aromatic carbocycles. The molecular weight excluding hydrogens is 265 g/mol. The Kier molecular flexibility index (Phi) is 5.00. The quantitative estimate of drug-likeness (QED) is 0.785. The summed E-state index contributed by atoms with van der Waals surface area (Å²) in [5.41, 5.74) is 0. The zero-order chi connectivity index (χ0) is 14.9. The van der Waals surface area contributed by atoms with Gasteiger partial charge in [0.2, 0.25) is 0 Å². The Balaban J connectivity index is 2.07. The van der Waals surface area contributed by atoms with Crippen LogP contribution in [-0.4, -0.2) is 53.7 Å². The molecule has 0 N–H and O–H groups in total. The van der Waals surface area contributed by atoms with Crippen molar-refractivity contribution in [1.82, 2.24) is 9.80 Å². The summed E-state index contributed by atoms with van der Waals surface area (Å²) in [7, 11) is 0. The molecule has 0 bridgehead atoms. The normalized spacial score (nSPS) is 31.4. The van der Waals surface area contributed by atoms with Gasteiger partial charge in [0.25, 0.3) is 0 Å². The van der Waals surface area contributed by atoms with Crippen LogP contribution in [0.3, 0.4) is 0 Å². The molecule has 0 aliphatic carbocycles. The maximum Gasteiger partial charge on any atom is 0.390 e. The number of piperazine rings is 1. The number of piperidine rings is 1. The van der Waals surface area contributed by atoms with E-state index >= 15 is 0 Å². The van der Waals surface area contributed by atoms with Gasteiger partial charge in [-0.3, -0.25) is 9.80 Å². The molecular formula is C15H27F3N2. The molecule has 0 aromatic rings. The van der Waals surface area contributed by atoms with Gasteiger partial charge < -0.3 is 0 Å². The minimum atomic E-state index is -4.06. The summed E-state index contributed by atoms with van der Waals surface area (Å²) < 4.78 is 38.1. The van der Waals surface area contributed by atoms with Crippen LogP contribution in [0.5, 0.6) is 0 Å². The molecule has 20 heavy (non-hydrogen) atoms. The molecule has 0 aromatic heterocycles. The lowest BCUT2D eigenvalue weighted by atomic mass is 9.90. The van der Waals surface area contributed by atoms with Crippen molar-refractivity contribution in [3.8, 4) is 0 Å². The highest BCUT2D eigenvalue weighted by molar-refractivity contribution is 4.94. The molecule has 0 saturated carbocycles. The van der Waals surface area contributed by atoms with Crippen LogP contribution in [0.15, 0.2) is 0 Å². The maximum absolute atomic E-state index is 12.7. The molecule has 3 unspecified atom stereocenters. The third-order valence-electron chi connectivity index (χ3n) is 4.88. The van der Waals surface area contributed by atoms with Crippen LogP contribution < -0.4 is 0 Å². The summed E-state index contributed by atoms with van der Waals surface area (Å²) in [6.07, 6.45) is -1.16. The smallest absolute Gasteiger partial charge is 0.298 e. The lowest BCUT2D eigenvalue weighted by Crippen LogP contribution is -2.63. The van der Waals surface area contributed by atoms with Gasteiger partial charge in [-0.15, -0.1) is 0 Å². The molecule has 2 rings (SSSR count). The molecule has 2 nitrogen and oxygen atoms in total. The Morgan fingerprint density at radius 2 is 1.80 bits per heavy atom. The fourth-order valence-corrected chi connectivity index (χ4v) is 3.78. The van der Waals surface area contributed by atoms with Crippen LogP contribution in [0.1, 0.15) is 46.5 Å². The number of hydrogen-bond donors (Lipinski definition) is 0. The fraction of sp³-hybridized carbons (Fsp3) is 1.00. The third kappa shape index (κ3) is 3.88. The van der Waals surface area contributed by atoms with Crippen molar-refractivity contribution in [3.63, 3.8) is 0 Å². The molecule has 2 heterocycles. The zero-order valence-corrected chi connectivity index (χ0v) is 12.8. The highest BCUT2D eigenvalue weighted by atomic mass is 19.4. The highest BCUT2D eigenvalue weighted by Gasteiger charge is 2.41. The highest BCUT2D eigenvalue weighted by Crippen LogP contribution is 2.32. The molecule has 0 amide bonds. The number of halogens is 3. The monoisotopic (exact) mass is 292 g/mol. The summed E-state index contributed by atoms with van der Waals surface area (Å²) in [6.45, 7) is 8.85. The number of fused-ring (bicyclic) bond motifs is 1. The van der Waals surface area contributed by atoms with E-state index in [0.717, 1.165) is 26.1 Å². The number of rotatable bonds is 3. The summed E-state index contributed by atoms with van der Waals surface area (Å²) in [4.78, 5) is 4.63. The topological polar surface area (TPSA) is 6.48 Å². The standard InChI is InChI=1S/C15H27F3N2/c1-11(2)14-10-19-7-5-4-6-13(19)9-20(14)12(3)8-15(16,17)18/h11-14H,4-10H2,1-3H3. The second-order valence-electron chi connectivity index (χ2n) is 6.82. The number of hydrogen-bond acceptors (Lipinski definition) is 2. The van der Waals surface area contributed by atoms with Crippen LogP contribution in [0, 0.1) is 5.92 Å². The molecule has 0 spiro atoms. The van der Waals surface area contributed by atoms with Gasteiger partial charge in [-0.1, -0.05) is 20.3 Å². The molecule has 118 valence electrons. The lowest BCUT2D eigenvalue weighted by molar-refractivity contribution is -0.153. The molecule has 2 saturated heterocycles. The third-order valence-corrected chi connectivity index (χ3v) is 4.88. The summed E-state index contributed by atoms with van der Waals surface area (Å²) in [5.74, 6) is 0.397. The van der Waals surface area contributed by atoms with E-state index in [1.807, 2.05) is 0 Å². The fourth-order valence-electron chi connectivity index (χ4n) is 3.78. The Labute approximate surface area is 120 Å². The molecule has 5 heteroatoms. The Hall–Kier alpha value is -0.290. The number of nitrogens with zero attached hydrogens (tertiary/aromatic N) is 2. The second kappa shape index (κ2) is 6.22. The average molecular weight is 292 g/mol. The minimum Gasteiger partial charge on any atom is -0.298 e. The summed E-state index contributed by atoms with van der Waals surface area (Å²) in [6, 6.07) is 0.308. The maximum atomic E-state index is 12.7. The summed E-state index contributed by atoms with van der Waals surface area (Å²) >= 11 is 0. The molecule has 0 radical (unpaired) electrons. The lowest BCUT2D eigenvalue weighted by Gasteiger charge is -2.51. The first-order chi connectivity index (χ1) is 9.28. The second-order valence-corrected chi connectivity index (χ2v) is 6.82. The van der Waals surface area contributed by atoms with Crippen LogP contribution in [0.25, 0.3) is 0 Å². The van der Waals surface area contributed by atoms with Crippen LogP contribution in [-0.2, 0) is 0 Å². The molecule has 2 fully saturated rings. The van der Waals surface area contributed by atoms with E-state index in [1.54, 1.807) is 6.92 Å². The van der Waals surface area contributed by atoms with E-state index in [9.17, 15) is 13.2 Å². The predicted molar refractivity (Wildman–Crippen MR) is 74.7 cm³/mol. The van der Waals surface area contributed by atoms with Crippen molar-refractivity contribution in [2.75, 3.05) is 19.6 Å². The first-order valence-electron chi connectivity index (χ1n) is 7.84. The Morgan fingerprint density at radius 3 is 2.40 bits per heavy atom. The molecule has 2 aliphatic rings. The van der Waals surface area contributed by atoms with Crippen molar-refractivity contribution < 1.29 is 13.2 Å². The van der Waals surface area contributed by atoms with Crippen molar-refractivity contribution in [3.05, 3.63) is 0 Å². The van der Waals surface area contributed by atoms with Gasteiger partial charge in [-0.05, 0) is 32.2 Å².